The van der Waals surface area contributed by atoms with Crippen LogP contribution in [0.4, 0.5) is 5.69 Å². The van der Waals surface area contributed by atoms with Gasteiger partial charge in [-0.25, -0.2) is 9.59 Å². The molecule has 0 aliphatic heterocycles. The van der Waals surface area contributed by atoms with Gasteiger partial charge in [-0.2, -0.15) is 0 Å². The van der Waals surface area contributed by atoms with E-state index < -0.39 is 0 Å². The third-order valence-electron chi connectivity index (χ3n) is 4.91. The number of esters is 2. The Morgan fingerprint density at radius 3 is 2.31 bits per heavy atom. The van der Waals surface area contributed by atoms with Gasteiger partial charge >= 0.3 is 11.9 Å². The molecular weight excluding hydrogens is 404 g/mol. The molecule has 0 bridgehead atoms. The summed E-state index contributed by atoms with van der Waals surface area (Å²) >= 11 is 0. The standard InChI is InChI=1S/C26H34N2O4/c1-2-31-25(29)11-9-7-5-3-4-6-8-10-18-28-24-14-12-23(13-15-24)26(30)32-21-22-16-19-27-20-17-22/h9,11-17,19-20,28H,2-8,10,18,21H2,1H3/b11-9+. The predicted molar refractivity (Wildman–Crippen MR) is 126 cm³/mol. The zero-order valence-corrected chi connectivity index (χ0v) is 18.9. The molecule has 2 aromatic rings. The first-order valence-electron chi connectivity index (χ1n) is 11.4. The van der Waals surface area contributed by atoms with Crippen molar-refractivity contribution in [3.63, 3.8) is 0 Å². The van der Waals surface area contributed by atoms with E-state index in [1.165, 1.54) is 31.8 Å². The minimum absolute atomic E-state index is 0.242. The summed E-state index contributed by atoms with van der Waals surface area (Å²) in [5.74, 6) is -0.583. The number of carbonyl (C=O) groups is 2. The second kappa shape index (κ2) is 15.6. The first-order chi connectivity index (χ1) is 15.7. The number of hydrogen-bond donors (Lipinski definition) is 1. The van der Waals surface area contributed by atoms with Gasteiger partial charge in [0.1, 0.15) is 6.61 Å². The van der Waals surface area contributed by atoms with Crippen molar-refractivity contribution < 1.29 is 19.1 Å². The predicted octanol–water partition coefficient (Wildman–Crippen LogP) is 5.70. The summed E-state index contributed by atoms with van der Waals surface area (Å²) in [4.78, 5) is 27.3. The quantitative estimate of drug-likeness (QED) is 0.218. The molecule has 32 heavy (non-hydrogen) atoms. The van der Waals surface area contributed by atoms with Crippen LogP contribution in [-0.2, 0) is 20.9 Å². The van der Waals surface area contributed by atoms with Gasteiger partial charge in [-0.1, -0.05) is 31.8 Å². The Balaban J connectivity index is 1.50. The van der Waals surface area contributed by atoms with Crippen molar-refractivity contribution in [3.8, 4) is 0 Å². The van der Waals surface area contributed by atoms with Gasteiger partial charge in [0.25, 0.3) is 0 Å². The van der Waals surface area contributed by atoms with Crippen molar-refractivity contribution in [1.82, 2.24) is 4.98 Å². The highest BCUT2D eigenvalue weighted by atomic mass is 16.5. The summed E-state index contributed by atoms with van der Waals surface area (Å²) in [6.07, 6.45) is 14.7. The number of allylic oxidation sites excluding steroid dienone is 1. The molecule has 0 saturated heterocycles. The van der Waals surface area contributed by atoms with Gasteiger partial charge in [0.15, 0.2) is 0 Å². The number of nitrogens with zero attached hydrogens (tertiary/aromatic N) is 1. The van der Waals surface area contributed by atoms with E-state index in [0.29, 0.717) is 12.2 Å². The average Bonchev–Trinajstić information content (AvgIpc) is 2.82. The first-order valence-corrected chi connectivity index (χ1v) is 11.4. The SMILES string of the molecule is CCOC(=O)/C=C/CCCCCCCCNc1ccc(C(=O)OCc2ccncc2)cc1. The molecule has 1 heterocycles. The fourth-order valence-corrected chi connectivity index (χ4v) is 3.13. The van der Waals surface area contributed by atoms with Crippen LogP contribution in [0.3, 0.4) is 0 Å². The summed E-state index contributed by atoms with van der Waals surface area (Å²) < 4.78 is 10.2. The number of pyridine rings is 1. The van der Waals surface area contributed by atoms with Gasteiger partial charge in [-0.05, 0) is 68.1 Å². The van der Waals surface area contributed by atoms with Crippen LogP contribution in [0.2, 0.25) is 0 Å². The third kappa shape index (κ3) is 10.8. The number of benzene rings is 1. The molecule has 1 N–H and O–H groups in total. The number of rotatable bonds is 15. The van der Waals surface area contributed by atoms with Crippen LogP contribution < -0.4 is 5.32 Å². The summed E-state index contributed by atoms with van der Waals surface area (Å²) in [5.41, 5.74) is 2.46. The van der Waals surface area contributed by atoms with E-state index in [-0.39, 0.29) is 18.5 Å². The number of unbranched alkanes of at least 4 members (excludes halogenated alkanes) is 6. The summed E-state index contributed by atoms with van der Waals surface area (Å²) in [7, 11) is 0. The van der Waals surface area contributed by atoms with Crippen LogP contribution in [0, 0.1) is 0 Å². The van der Waals surface area contributed by atoms with Crippen LogP contribution in [0.5, 0.6) is 0 Å². The Kier molecular flexibility index (Phi) is 12.3. The average molecular weight is 439 g/mol. The van der Waals surface area contributed by atoms with E-state index in [9.17, 15) is 9.59 Å². The van der Waals surface area contributed by atoms with Crippen molar-refractivity contribution in [2.24, 2.45) is 0 Å². The zero-order chi connectivity index (χ0) is 22.9. The fourth-order valence-electron chi connectivity index (χ4n) is 3.13. The molecule has 0 aliphatic rings. The maximum Gasteiger partial charge on any atom is 0.338 e. The Bertz CT molecular complexity index is 819. The molecule has 0 radical (unpaired) electrons. The second-order valence-corrected chi connectivity index (χ2v) is 7.50. The molecule has 2 rings (SSSR count). The maximum absolute atomic E-state index is 12.1. The zero-order valence-electron chi connectivity index (χ0n) is 18.9. The highest BCUT2D eigenvalue weighted by Gasteiger charge is 2.07. The molecule has 1 aromatic carbocycles. The lowest BCUT2D eigenvalue weighted by Gasteiger charge is -2.08. The molecule has 0 spiro atoms. The van der Waals surface area contributed by atoms with Crippen LogP contribution in [-0.4, -0.2) is 30.1 Å². The maximum atomic E-state index is 12.1. The van der Waals surface area contributed by atoms with E-state index in [1.807, 2.05) is 37.3 Å². The molecular formula is C26H34N2O4. The van der Waals surface area contributed by atoms with Crippen molar-refractivity contribution in [1.29, 1.82) is 0 Å². The van der Waals surface area contributed by atoms with Gasteiger partial charge in [0.2, 0.25) is 0 Å². The number of carbonyl (C=O) groups excluding carboxylic acids is 2. The summed E-state index contributed by atoms with van der Waals surface area (Å²) in [5, 5.41) is 3.40. The molecule has 0 unspecified atom stereocenters. The summed E-state index contributed by atoms with van der Waals surface area (Å²) in [6.45, 7) is 3.38. The lowest BCUT2D eigenvalue weighted by atomic mass is 10.1. The third-order valence-corrected chi connectivity index (χ3v) is 4.91. The monoisotopic (exact) mass is 438 g/mol. The number of nitrogens with one attached hydrogen (secondary N) is 1. The van der Waals surface area contributed by atoms with Crippen molar-refractivity contribution in [2.75, 3.05) is 18.5 Å². The minimum Gasteiger partial charge on any atom is -0.463 e. The van der Waals surface area contributed by atoms with Gasteiger partial charge in [0.05, 0.1) is 12.2 Å². The highest BCUT2D eigenvalue weighted by molar-refractivity contribution is 5.89. The second-order valence-electron chi connectivity index (χ2n) is 7.50. The first kappa shape index (κ1) is 25.1. The smallest absolute Gasteiger partial charge is 0.338 e. The molecule has 1 aromatic heterocycles. The Morgan fingerprint density at radius 2 is 1.59 bits per heavy atom. The molecule has 0 atom stereocenters. The molecule has 0 fully saturated rings. The highest BCUT2D eigenvalue weighted by Crippen LogP contribution is 2.13. The normalized spacial score (nSPS) is 10.8. The van der Waals surface area contributed by atoms with Crippen LogP contribution in [0.25, 0.3) is 0 Å². The summed E-state index contributed by atoms with van der Waals surface area (Å²) in [6, 6.07) is 11.0. The molecule has 0 aliphatic carbocycles. The van der Waals surface area contributed by atoms with Crippen molar-refractivity contribution in [3.05, 3.63) is 72.1 Å². The molecule has 6 heteroatoms. The number of ether oxygens (including phenoxy) is 2. The van der Waals surface area contributed by atoms with E-state index >= 15 is 0 Å². The van der Waals surface area contributed by atoms with E-state index in [4.69, 9.17) is 9.47 Å². The Morgan fingerprint density at radius 1 is 0.906 bits per heavy atom. The van der Waals surface area contributed by atoms with E-state index in [0.717, 1.165) is 37.1 Å². The lowest BCUT2D eigenvalue weighted by Crippen LogP contribution is -2.06. The Labute approximate surface area is 191 Å². The topological polar surface area (TPSA) is 77.5 Å². The van der Waals surface area contributed by atoms with Gasteiger partial charge in [0, 0.05) is 30.7 Å². The number of aromatic nitrogens is 1. The number of anilines is 1. The molecule has 0 saturated carbocycles. The molecule has 0 amide bonds. The van der Waals surface area contributed by atoms with Gasteiger partial charge in [-0.15, -0.1) is 0 Å². The van der Waals surface area contributed by atoms with Gasteiger partial charge in [-0.3, -0.25) is 4.98 Å². The van der Waals surface area contributed by atoms with Crippen molar-refractivity contribution in [2.45, 2.75) is 58.5 Å². The minimum atomic E-state index is -0.329. The van der Waals surface area contributed by atoms with Crippen LogP contribution in [0.15, 0.2) is 60.9 Å². The van der Waals surface area contributed by atoms with Crippen molar-refractivity contribution >= 4 is 17.6 Å². The van der Waals surface area contributed by atoms with Gasteiger partial charge < -0.3 is 14.8 Å². The van der Waals surface area contributed by atoms with Crippen LogP contribution in [0.1, 0.15) is 67.8 Å². The van der Waals surface area contributed by atoms with Crippen LogP contribution >= 0.6 is 0 Å². The Hall–Kier alpha value is -3.15. The lowest BCUT2D eigenvalue weighted by molar-refractivity contribution is -0.137. The molecule has 172 valence electrons. The largest absolute Gasteiger partial charge is 0.463 e. The van der Waals surface area contributed by atoms with E-state index in [2.05, 4.69) is 10.3 Å². The fraction of sp³-hybridized carbons (Fsp3) is 0.423. The van der Waals surface area contributed by atoms with E-state index in [1.54, 1.807) is 24.5 Å². The number of hydrogen-bond acceptors (Lipinski definition) is 6. The molecule has 6 nitrogen and oxygen atoms in total.